The van der Waals surface area contributed by atoms with E-state index in [1.807, 2.05) is 6.08 Å². The Morgan fingerprint density at radius 3 is 2.70 bits per heavy atom. The molecule has 108 valence electrons. The maximum Gasteiger partial charge on any atom is 0.163 e. The number of carbonyl (C=O) groups is 1. The lowest BCUT2D eigenvalue weighted by Crippen LogP contribution is -2.37. The zero-order chi connectivity index (χ0) is 14.5. The molecule has 20 heavy (non-hydrogen) atoms. The van der Waals surface area contributed by atoms with Crippen LogP contribution in [-0.4, -0.2) is 5.78 Å². The number of carbonyl (C=O) groups excluding carboxylic acids is 1. The molecule has 2 unspecified atom stereocenters. The first-order chi connectivity index (χ1) is 9.36. The molecule has 1 nitrogen and oxygen atoms in total. The number of hydrogen-bond donors (Lipinski definition) is 0. The summed E-state index contributed by atoms with van der Waals surface area (Å²) < 4.78 is 0. The van der Waals surface area contributed by atoms with Gasteiger partial charge in [-0.2, -0.15) is 0 Å². The number of fused-ring (bicyclic) bond motifs is 2. The highest BCUT2D eigenvalue weighted by atomic mass is 16.1. The van der Waals surface area contributed by atoms with Gasteiger partial charge in [-0.15, -0.1) is 6.58 Å². The van der Waals surface area contributed by atoms with Crippen LogP contribution >= 0.6 is 0 Å². The van der Waals surface area contributed by atoms with E-state index in [4.69, 9.17) is 0 Å². The van der Waals surface area contributed by atoms with E-state index in [1.165, 1.54) is 24.8 Å². The van der Waals surface area contributed by atoms with Gasteiger partial charge in [-0.25, -0.2) is 0 Å². The van der Waals surface area contributed by atoms with Crippen LogP contribution in [0.15, 0.2) is 35.5 Å². The van der Waals surface area contributed by atoms with Crippen molar-refractivity contribution in [2.75, 3.05) is 0 Å². The molecule has 3 aliphatic rings. The van der Waals surface area contributed by atoms with E-state index in [9.17, 15) is 4.79 Å². The first-order valence-electron chi connectivity index (χ1n) is 7.98. The van der Waals surface area contributed by atoms with Crippen LogP contribution in [0.25, 0.3) is 0 Å². The van der Waals surface area contributed by atoms with Gasteiger partial charge in [0, 0.05) is 17.4 Å². The summed E-state index contributed by atoms with van der Waals surface area (Å²) in [5.41, 5.74) is 4.34. The average molecular weight is 270 g/mol. The fourth-order valence-electron chi connectivity index (χ4n) is 4.37. The van der Waals surface area contributed by atoms with Crippen molar-refractivity contribution in [2.45, 2.75) is 59.3 Å². The molecule has 0 amide bonds. The quantitative estimate of drug-likeness (QED) is 0.613. The average Bonchev–Trinajstić information content (AvgIpc) is 2.40. The van der Waals surface area contributed by atoms with Crippen LogP contribution in [0.5, 0.6) is 0 Å². The molecular formula is C19H26O. The number of rotatable bonds is 1. The van der Waals surface area contributed by atoms with Crippen molar-refractivity contribution in [3.8, 4) is 0 Å². The van der Waals surface area contributed by atoms with Gasteiger partial charge >= 0.3 is 0 Å². The van der Waals surface area contributed by atoms with Gasteiger partial charge in [0.25, 0.3) is 0 Å². The number of ketones is 1. The third-order valence-corrected chi connectivity index (χ3v) is 5.89. The van der Waals surface area contributed by atoms with Gasteiger partial charge in [-0.3, -0.25) is 4.79 Å². The molecule has 0 N–H and O–H groups in total. The standard InChI is InChI=1S/C19H26O/c1-5-19(4)10-8-13-14-7-6-9-18(2,3)16(14)11-17(20)15(13)12-19/h5,12,16H,1,6-11H2,2-4H3. The van der Waals surface area contributed by atoms with E-state index in [-0.39, 0.29) is 5.41 Å². The SMILES string of the molecule is C=CC1(C)C=C2C(=O)CC3C(=C2CC1)CCCC3(C)C. The van der Waals surface area contributed by atoms with Crippen molar-refractivity contribution in [2.24, 2.45) is 16.7 Å². The van der Waals surface area contributed by atoms with Gasteiger partial charge in [0.2, 0.25) is 0 Å². The maximum atomic E-state index is 12.6. The maximum absolute atomic E-state index is 12.6. The highest BCUT2D eigenvalue weighted by Crippen LogP contribution is 2.53. The molecule has 1 fully saturated rings. The predicted molar refractivity (Wildman–Crippen MR) is 83.4 cm³/mol. The van der Waals surface area contributed by atoms with Crippen molar-refractivity contribution in [1.82, 2.24) is 0 Å². The summed E-state index contributed by atoms with van der Waals surface area (Å²) in [4.78, 5) is 12.6. The highest BCUT2D eigenvalue weighted by molar-refractivity contribution is 6.02. The van der Waals surface area contributed by atoms with Crippen LogP contribution in [0.1, 0.15) is 59.3 Å². The molecule has 0 saturated heterocycles. The third-order valence-electron chi connectivity index (χ3n) is 5.89. The van der Waals surface area contributed by atoms with E-state index in [0.29, 0.717) is 17.1 Å². The second-order valence-electron chi connectivity index (χ2n) is 7.79. The monoisotopic (exact) mass is 270 g/mol. The smallest absolute Gasteiger partial charge is 0.163 e. The van der Waals surface area contributed by atoms with E-state index in [2.05, 4.69) is 33.4 Å². The second kappa shape index (κ2) is 4.44. The zero-order valence-electron chi connectivity index (χ0n) is 13.1. The van der Waals surface area contributed by atoms with E-state index in [1.54, 1.807) is 5.57 Å². The first-order valence-corrected chi connectivity index (χ1v) is 7.98. The lowest BCUT2D eigenvalue weighted by atomic mass is 9.58. The summed E-state index contributed by atoms with van der Waals surface area (Å²) in [6, 6.07) is 0. The molecule has 0 bridgehead atoms. The Balaban J connectivity index is 2.11. The molecule has 3 rings (SSSR count). The highest BCUT2D eigenvalue weighted by Gasteiger charge is 2.43. The lowest BCUT2D eigenvalue weighted by Gasteiger charge is -2.46. The summed E-state index contributed by atoms with van der Waals surface area (Å²) in [5.74, 6) is 0.862. The summed E-state index contributed by atoms with van der Waals surface area (Å²) in [5, 5.41) is 0. The molecule has 0 aromatic heterocycles. The van der Waals surface area contributed by atoms with Crippen molar-refractivity contribution < 1.29 is 4.79 Å². The summed E-state index contributed by atoms with van der Waals surface area (Å²) in [7, 11) is 0. The Morgan fingerprint density at radius 1 is 1.25 bits per heavy atom. The summed E-state index contributed by atoms with van der Waals surface area (Å²) in [6.45, 7) is 10.8. The Morgan fingerprint density at radius 2 is 2.00 bits per heavy atom. The van der Waals surface area contributed by atoms with Crippen LogP contribution in [0.3, 0.4) is 0 Å². The first kappa shape index (κ1) is 13.9. The van der Waals surface area contributed by atoms with Gasteiger partial charge in [-0.1, -0.05) is 38.5 Å². The number of Topliss-reactive ketones (excluding diaryl/α,β-unsaturated/α-hetero) is 1. The molecule has 0 spiro atoms. The Hall–Kier alpha value is -1.11. The van der Waals surface area contributed by atoms with E-state index >= 15 is 0 Å². The molecule has 0 aromatic carbocycles. The van der Waals surface area contributed by atoms with Gasteiger partial charge in [0.15, 0.2) is 5.78 Å². The van der Waals surface area contributed by atoms with E-state index in [0.717, 1.165) is 24.8 Å². The Bertz CT molecular complexity index is 532. The van der Waals surface area contributed by atoms with Crippen molar-refractivity contribution in [3.63, 3.8) is 0 Å². The van der Waals surface area contributed by atoms with Gasteiger partial charge in [0.05, 0.1) is 0 Å². The van der Waals surface area contributed by atoms with Crippen LogP contribution in [0, 0.1) is 16.7 Å². The molecular weight excluding hydrogens is 244 g/mol. The zero-order valence-corrected chi connectivity index (χ0v) is 13.1. The van der Waals surface area contributed by atoms with Crippen molar-refractivity contribution >= 4 is 5.78 Å². The van der Waals surface area contributed by atoms with E-state index < -0.39 is 0 Å². The molecule has 0 heterocycles. The minimum Gasteiger partial charge on any atom is -0.294 e. The topological polar surface area (TPSA) is 17.1 Å². The molecule has 0 radical (unpaired) electrons. The van der Waals surface area contributed by atoms with Crippen LogP contribution in [0.4, 0.5) is 0 Å². The normalized spacial score (nSPS) is 36.0. The van der Waals surface area contributed by atoms with Crippen LogP contribution in [0.2, 0.25) is 0 Å². The molecule has 1 heteroatoms. The minimum atomic E-state index is 0.00603. The number of allylic oxidation sites excluding steroid dienone is 5. The van der Waals surface area contributed by atoms with Gasteiger partial charge in [0.1, 0.15) is 0 Å². The fourth-order valence-corrected chi connectivity index (χ4v) is 4.37. The molecule has 2 atom stereocenters. The molecule has 0 aliphatic heterocycles. The lowest BCUT2D eigenvalue weighted by molar-refractivity contribution is -0.117. The van der Waals surface area contributed by atoms with Crippen LogP contribution in [-0.2, 0) is 4.79 Å². The molecule has 1 saturated carbocycles. The van der Waals surface area contributed by atoms with Crippen molar-refractivity contribution in [1.29, 1.82) is 0 Å². The Labute approximate surface area is 122 Å². The van der Waals surface area contributed by atoms with Gasteiger partial charge < -0.3 is 0 Å². The predicted octanol–water partition coefficient (Wildman–Crippen LogP) is 4.99. The Kier molecular flexibility index (Phi) is 3.08. The second-order valence-corrected chi connectivity index (χ2v) is 7.79. The fraction of sp³-hybridized carbons (Fsp3) is 0.632. The summed E-state index contributed by atoms with van der Waals surface area (Å²) in [6.07, 6.45) is 10.8. The minimum absolute atomic E-state index is 0.00603. The largest absolute Gasteiger partial charge is 0.294 e. The molecule has 0 aromatic rings. The van der Waals surface area contributed by atoms with Crippen molar-refractivity contribution in [3.05, 3.63) is 35.5 Å². The summed E-state index contributed by atoms with van der Waals surface area (Å²) >= 11 is 0. The van der Waals surface area contributed by atoms with Gasteiger partial charge in [-0.05, 0) is 49.0 Å². The number of hydrogen-bond acceptors (Lipinski definition) is 1. The third kappa shape index (κ3) is 2.03. The van der Waals surface area contributed by atoms with Crippen LogP contribution < -0.4 is 0 Å². The molecule has 3 aliphatic carbocycles.